The summed E-state index contributed by atoms with van der Waals surface area (Å²) in [5.41, 5.74) is 0. The maximum Gasteiger partial charge on any atom is 0.472 e. The van der Waals surface area contributed by atoms with Crippen LogP contribution in [0.5, 0.6) is 0 Å². The molecule has 0 aromatic heterocycles. The smallest absolute Gasteiger partial charge is 0.462 e. The number of hydrogen-bond donors (Lipinski definition) is 3. The van der Waals surface area contributed by atoms with Crippen molar-refractivity contribution in [2.45, 2.75) is 419 Å². The fraction of sp³-hybridized carbons (Fsp3) is 0.948. The number of carbonyl (C=O) groups excluding carboxylic acids is 4. The molecule has 0 aliphatic carbocycles. The summed E-state index contributed by atoms with van der Waals surface area (Å²) in [6.45, 7) is 9.63. The lowest BCUT2D eigenvalue weighted by Crippen LogP contribution is -2.30. The first-order valence-corrected chi connectivity index (χ1v) is 43.0. The zero-order chi connectivity index (χ0) is 70.7. The zero-order valence-corrected chi connectivity index (χ0v) is 64.5. The van der Waals surface area contributed by atoms with Gasteiger partial charge in [-0.1, -0.05) is 350 Å². The highest BCUT2D eigenvalue weighted by Gasteiger charge is 2.30. The van der Waals surface area contributed by atoms with Crippen molar-refractivity contribution in [2.75, 3.05) is 39.6 Å². The van der Waals surface area contributed by atoms with Crippen molar-refractivity contribution in [3.05, 3.63) is 0 Å². The summed E-state index contributed by atoms with van der Waals surface area (Å²) in [6, 6.07) is 0. The van der Waals surface area contributed by atoms with E-state index in [0.717, 1.165) is 102 Å². The zero-order valence-electron chi connectivity index (χ0n) is 62.7. The van der Waals surface area contributed by atoms with Crippen LogP contribution in [0.25, 0.3) is 0 Å². The quantitative estimate of drug-likeness (QED) is 0.0222. The van der Waals surface area contributed by atoms with Gasteiger partial charge in [0.25, 0.3) is 0 Å². The van der Waals surface area contributed by atoms with Crippen LogP contribution in [0.15, 0.2) is 0 Å². The third kappa shape index (κ3) is 70.5. The third-order valence-electron chi connectivity index (χ3n) is 18.0. The minimum atomic E-state index is -4.96. The van der Waals surface area contributed by atoms with Crippen LogP contribution in [0, 0.1) is 11.8 Å². The number of rotatable bonds is 76. The van der Waals surface area contributed by atoms with Crippen molar-refractivity contribution >= 4 is 39.5 Å². The molecule has 0 rings (SSSR count). The number of phosphoric acid groups is 2. The highest BCUT2D eigenvalue weighted by atomic mass is 31.2. The van der Waals surface area contributed by atoms with Gasteiger partial charge >= 0.3 is 39.5 Å². The lowest BCUT2D eigenvalue weighted by atomic mass is 10.0. The summed E-state index contributed by atoms with van der Waals surface area (Å²) in [4.78, 5) is 72.8. The molecule has 0 heterocycles. The molecular formula is C77H150O17P2. The Kier molecular flexibility index (Phi) is 67.4. The van der Waals surface area contributed by atoms with Gasteiger partial charge in [-0.3, -0.25) is 37.3 Å². The summed E-state index contributed by atoms with van der Waals surface area (Å²) in [5, 5.41) is 10.6. The van der Waals surface area contributed by atoms with Crippen LogP contribution in [-0.4, -0.2) is 96.7 Å². The Balaban J connectivity index is 5.24. The topological polar surface area (TPSA) is 237 Å². The van der Waals surface area contributed by atoms with Gasteiger partial charge in [-0.2, -0.15) is 0 Å². The van der Waals surface area contributed by atoms with Crippen molar-refractivity contribution in [1.29, 1.82) is 0 Å². The van der Waals surface area contributed by atoms with Crippen molar-refractivity contribution in [3.63, 3.8) is 0 Å². The van der Waals surface area contributed by atoms with Crippen LogP contribution in [0.3, 0.4) is 0 Å². The number of hydrogen-bond acceptors (Lipinski definition) is 15. The predicted molar refractivity (Wildman–Crippen MR) is 391 cm³/mol. The highest BCUT2D eigenvalue weighted by Crippen LogP contribution is 2.45. The molecule has 0 aromatic carbocycles. The van der Waals surface area contributed by atoms with E-state index in [4.69, 9.17) is 37.0 Å². The molecule has 0 aliphatic rings. The van der Waals surface area contributed by atoms with E-state index in [1.54, 1.807) is 0 Å². The predicted octanol–water partition coefficient (Wildman–Crippen LogP) is 22.7. The van der Waals surface area contributed by atoms with E-state index < -0.39 is 97.5 Å². The Labute approximate surface area is 588 Å². The molecule has 2 unspecified atom stereocenters. The molecule has 3 N–H and O–H groups in total. The van der Waals surface area contributed by atoms with Crippen LogP contribution < -0.4 is 0 Å². The standard InChI is InChI=1S/C77H150O17P2/c1-7-9-11-13-15-17-19-24-29-37-43-49-55-61-76(81)93-72(65-87-74(79)59-53-47-41-35-27-18-16-14-12-10-8-2)67-91-95(83,84)89-63-71(78)64-90-96(85,86)92-68-73(66-88-75(80)60-54-48-42-36-32-31-34-40-46-52-58-70(5)6)94-77(82)62-56-50-44-38-30-26-23-21-20-22-25-28-33-39-45-51-57-69(3)4/h69-73,78H,7-68H2,1-6H3,(H,83,84)(H,85,86)/t71-,72+,73+/m0/s1. The Morgan fingerprint density at radius 3 is 0.708 bits per heavy atom. The normalized spacial score (nSPS) is 14.0. The summed E-state index contributed by atoms with van der Waals surface area (Å²) in [7, 11) is -9.91. The first-order valence-electron chi connectivity index (χ1n) is 40.0. The lowest BCUT2D eigenvalue weighted by molar-refractivity contribution is -0.161. The molecule has 0 radical (unpaired) electrons. The fourth-order valence-corrected chi connectivity index (χ4v) is 13.4. The number of ether oxygens (including phenoxy) is 4. The summed E-state index contributed by atoms with van der Waals surface area (Å²) in [6.07, 6.45) is 56.7. The minimum absolute atomic E-state index is 0.108. The van der Waals surface area contributed by atoms with E-state index in [9.17, 15) is 43.2 Å². The van der Waals surface area contributed by atoms with Crippen LogP contribution in [0.4, 0.5) is 0 Å². The van der Waals surface area contributed by atoms with Crippen LogP contribution in [0.1, 0.15) is 401 Å². The van der Waals surface area contributed by atoms with Crippen molar-refractivity contribution in [2.24, 2.45) is 11.8 Å². The molecule has 0 fully saturated rings. The van der Waals surface area contributed by atoms with Gasteiger partial charge in [-0.15, -0.1) is 0 Å². The maximum absolute atomic E-state index is 13.1. The summed E-state index contributed by atoms with van der Waals surface area (Å²) < 4.78 is 68.6. The molecule has 19 heteroatoms. The highest BCUT2D eigenvalue weighted by molar-refractivity contribution is 7.47. The van der Waals surface area contributed by atoms with E-state index >= 15 is 0 Å². The monoisotopic (exact) mass is 1410 g/mol. The summed E-state index contributed by atoms with van der Waals surface area (Å²) in [5.74, 6) is -0.544. The SMILES string of the molecule is CCCCCCCCCCCCCCCC(=O)O[C@H](COC(=O)CCCCCCCCCCCCC)COP(=O)(O)OC[C@H](O)COP(=O)(O)OC[C@@H](COC(=O)CCCCCCCCCCCCC(C)C)OC(=O)CCCCCCCCCCCCCCCCCCC(C)C. The second-order valence-corrected chi connectivity index (χ2v) is 31.6. The van der Waals surface area contributed by atoms with Gasteiger partial charge < -0.3 is 33.8 Å². The molecule has 0 aliphatic heterocycles. The molecular weight excluding hydrogens is 1260 g/mol. The van der Waals surface area contributed by atoms with Crippen LogP contribution in [0.2, 0.25) is 0 Å². The molecule has 0 spiro atoms. The second kappa shape index (κ2) is 68.8. The van der Waals surface area contributed by atoms with Crippen molar-refractivity contribution in [1.82, 2.24) is 0 Å². The lowest BCUT2D eigenvalue weighted by Gasteiger charge is -2.21. The average Bonchev–Trinajstić information content (AvgIpc) is 1.29. The molecule has 0 saturated heterocycles. The largest absolute Gasteiger partial charge is 0.472 e. The molecule has 0 amide bonds. The van der Waals surface area contributed by atoms with Gasteiger partial charge in [0.05, 0.1) is 26.4 Å². The van der Waals surface area contributed by atoms with Crippen LogP contribution in [-0.2, 0) is 65.4 Å². The van der Waals surface area contributed by atoms with Crippen molar-refractivity contribution in [3.8, 4) is 0 Å². The molecule has 96 heavy (non-hydrogen) atoms. The Morgan fingerprint density at radius 1 is 0.281 bits per heavy atom. The molecule has 5 atom stereocenters. The number of unbranched alkanes of at least 4 members (excludes halogenated alkanes) is 46. The van der Waals surface area contributed by atoms with Gasteiger partial charge in [0.15, 0.2) is 12.2 Å². The number of phosphoric ester groups is 2. The van der Waals surface area contributed by atoms with E-state index in [1.807, 2.05) is 0 Å². The fourth-order valence-electron chi connectivity index (χ4n) is 11.8. The third-order valence-corrected chi connectivity index (χ3v) is 19.9. The van der Waals surface area contributed by atoms with E-state index in [0.29, 0.717) is 25.7 Å². The van der Waals surface area contributed by atoms with Gasteiger partial charge in [-0.25, -0.2) is 9.13 Å². The average molecular weight is 1410 g/mol. The number of carbonyl (C=O) groups is 4. The number of aliphatic hydroxyl groups is 1. The van der Waals surface area contributed by atoms with E-state index in [2.05, 4.69) is 41.5 Å². The number of esters is 4. The minimum Gasteiger partial charge on any atom is -0.462 e. The molecule has 0 saturated carbocycles. The molecule has 0 bridgehead atoms. The first kappa shape index (κ1) is 94.1. The first-order chi connectivity index (χ1) is 46.4. The number of aliphatic hydroxyl groups excluding tert-OH is 1. The van der Waals surface area contributed by atoms with E-state index in [-0.39, 0.29) is 25.7 Å². The molecule has 570 valence electrons. The van der Waals surface area contributed by atoms with Gasteiger partial charge in [0.1, 0.15) is 19.3 Å². The summed E-state index contributed by atoms with van der Waals surface area (Å²) >= 11 is 0. The second-order valence-electron chi connectivity index (χ2n) is 28.7. The van der Waals surface area contributed by atoms with Gasteiger partial charge in [-0.05, 0) is 37.5 Å². The Bertz CT molecular complexity index is 1860. The van der Waals surface area contributed by atoms with Gasteiger partial charge in [0.2, 0.25) is 0 Å². The van der Waals surface area contributed by atoms with E-state index in [1.165, 1.54) is 218 Å². The molecule has 17 nitrogen and oxygen atoms in total. The maximum atomic E-state index is 13.1. The van der Waals surface area contributed by atoms with Crippen LogP contribution >= 0.6 is 15.6 Å². The Morgan fingerprint density at radius 2 is 0.479 bits per heavy atom. The Hall–Kier alpha value is -1.94. The van der Waals surface area contributed by atoms with Crippen molar-refractivity contribution < 1.29 is 80.2 Å². The van der Waals surface area contributed by atoms with Gasteiger partial charge in [0, 0.05) is 25.7 Å². The molecule has 0 aromatic rings.